The van der Waals surface area contributed by atoms with Crippen molar-refractivity contribution in [3.63, 3.8) is 0 Å². The molecule has 8 heteroatoms. The van der Waals surface area contributed by atoms with Gasteiger partial charge in [0.15, 0.2) is 0 Å². The van der Waals surface area contributed by atoms with Crippen molar-refractivity contribution in [2.45, 2.75) is 12.0 Å². The Hall–Kier alpha value is -4.85. The molecule has 0 N–H and O–H groups in total. The number of para-hydroxylation sites is 1. The number of nitrogens with zero attached hydrogens (tertiary/aromatic N) is 3. The van der Waals surface area contributed by atoms with Crippen LogP contribution in [0.4, 0.5) is 15.8 Å². The molecule has 0 saturated carbocycles. The van der Waals surface area contributed by atoms with Gasteiger partial charge in [0.1, 0.15) is 17.3 Å². The molecule has 0 unspecified atom stereocenters. The molecule has 0 aliphatic carbocycles. The van der Waals surface area contributed by atoms with Crippen LogP contribution in [0.2, 0.25) is 0 Å². The van der Waals surface area contributed by atoms with Crippen LogP contribution in [-0.2, 0) is 4.79 Å². The summed E-state index contributed by atoms with van der Waals surface area (Å²) in [4.78, 5) is 34.3. The van der Waals surface area contributed by atoms with E-state index in [1.165, 1.54) is 6.07 Å². The maximum Gasteiger partial charge on any atom is 0.259 e. The highest BCUT2D eigenvalue weighted by molar-refractivity contribution is 6.11. The maximum atomic E-state index is 14.6. The van der Waals surface area contributed by atoms with Gasteiger partial charge < -0.3 is 19.3 Å². The van der Waals surface area contributed by atoms with Crippen molar-refractivity contribution in [3.05, 3.63) is 120 Å². The minimum Gasteiger partial charge on any atom is -0.497 e. The van der Waals surface area contributed by atoms with Crippen LogP contribution in [0.15, 0.2) is 97.1 Å². The summed E-state index contributed by atoms with van der Waals surface area (Å²) >= 11 is 0. The lowest BCUT2D eigenvalue weighted by atomic mass is 9.78. The topological polar surface area (TPSA) is 62.3 Å². The van der Waals surface area contributed by atoms with E-state index in [1.54, 1.807) is 37.3 Å². The van der Waals surface area contributed by atoms with E-state index in [0.717, 1.165) is 5.56 Å². The Morgan fingerprint density at radius 2 is 1.36 bits per heavy atom. The van der Waals surface area contributed by atoms with Crippen LogP contribution in [0.5, 0.6) is 11.5 Å². The Morgan fingerprint density at radius 1 is 0.762 bits per heavy atom. The van der Waals surface area contributed by atoms with Gasteiger partial charge in [0.05, 0.1) is 31.9 Å². The van der Waals surface area contributed by atoms with Crippen molar-refractivity contribution in [2.24, 2.45) is 0 Å². The van der Waals surface area contributed by atoms with E-state index >= 15 is 0 Å². The molecule has 0 radical (unpaired) electrons. The van der Waals surface area contributed by atoms with E-state index in [9.17, 15) is 14.0 Å². The molecule has 0 spiro atoms. The molecule has 0 bridgehead atoms. The van der Waals surface area contributed by atoms with E-state index in [0.29, 0.717) is 60.2 Å². The summed E-state index contributed by atoms with van der Waals surface area (Å²) in [5.74, 6) is 0.183. The van der Waals surface area contributed by atoms with Crippen molar-refractivity contribution < 1.29 is 23.5 Å². The molecule has 4 aromatic rings. The number of hydrogen-bond acceptors (Lipinski definition) is 5. The molecule has 42 heavy (non-hydrogen) atoms. The number of hydrogen-bond donors (Lipinski definition) is 0. The number of ether oxygens (including phenoxy) is 2. The van der Waals surface area contributed by atoms with Gasteiger partial charge in [-0.25, -0.2) is 4.39 Å². The van der Waals surface area contributed by atoms with Crippen LogP contribution in [0, 0.1) is 5.82 Å². The average Bonchev–Trinajstić information content (AvgIpc) is 3.05. The van der Waals surface area contributed by atoms with Gasteiger partial charge in [-0.3, -0.25) is 14.5 Å². The Labute approximate surface area is 244 Å². The molecule has 2 atom stereocenters. The summed E-state index contributed by atoms with van der Waals surface area (Å²) in [5.41, 5.74) is 3.23. The van der Waals surface area contributed by atoms with Crippen molar-refractivity contribution in [2.75, 3.05) is 50.2 Å². The molecule has 1 saturated heterocycles. The number of carbonyl (C=O) groups is 2. The second-order valence-corrected chi connectivity index (χ2v) is 10.4. The molecular weight excluding hydrogens is 533 g/mol. The first kappa shape index (κ1) is 27.3. The van der Waals surface area contributed by atoms with E-state index in [4.69, 9.17) is 9.47 Å². The molecule has 4 aromatic carbocycles. The SMILES string of the molecule is COc1ccc([C@@H]2[C@@H](C(=O)N3CCN(c4ccccc4F)CC3)c3ccccc3C(=O)N2c2ccc(OC)cc2)cc1. The van der Waals surface area contributed by atoms with Crippen LogP contribution in [0.25, 0.3) is 0 Å². The Morgan fingerprint density at radius 3 is 2.00 bits per heavy atom. The molecule has 2 amide bonds. The normalized spacial score (nSPS) is 18.5. The maximum absolute atomic E-state index is 14.6. The van der Waals surface area contributed by atoms with Gasteiger partial charge >= 0.3 is 0 Å². The quantitative estimate of drug-likeness (QED) is 0.301. The van der Waals surface area contributed by atoms with Crippen LogP contribution >= 0.6 is 0 Å². The number of carbonyl (C=O) groups excluding carboxylic acids is 2. The lowest BCUT2D eigenvalue weighted by Crippen LogP contribution is -2.53. The fraction of sp³-hybridized carbons (Fsp3) is 0.235. The molecule has 2 aliphatic rings. The number of rotatable bonds is 6. The third kappa shape index (κ3) is 4.93. The first-order chi connectivity index (χ1) is 20.5. The zero-order valence-electron chi connectivity index (χ0n) is 23.6. The van der Waals surface area contributed by atoms with Gasteiger partial charge in [-0.15, -0.1) is 0 Å². The number of anilines is 2. The predicted octanol–water partition coefficient (Wildman–Crippen LogP) is 5.68. The number of halogens is 1. The lowest BCUT2D eigenvalue weighted by Gasteiger charge is -2.44. The number of piperazine rings is 1. The van der Waals surface area contributed by atoms with Gasteiger partial charge in [0, 0.05) is 37.4 Å². The van der Waals surface area contributed by atoms with E-state index < -0.39 is 12.0 Å². The molecule has 1 fully saturated rings. The van der Waals surface area contributed by atoms with Crippen LogP contribution < -0.4 is 19.3 Å². The second kappa shape index (κ2) is 11.6. The van der Waals surface area contributed by atoms with Crippen molar-refractivity contribution >= 4 is 23.2 Å². The first-order valence-electron chi connectivity index (χ1n) is 14.0. The lowest BCUT2D eigenvalue weighted by molar-refractivity contribution is -0.133. The summed E-state index contributed by atoms with van der Waals surface area (Å²) in [6.45, 7) is 1.90. The molecule has 6 rings (SSSR count). The molecule has 2 aliphatic heterocycles. The fourth-order valence-electron chi connectivity index (χ4n) is 6.04. The smallest absolute Gasteiger partial charge is 0.259 e. The van der Waals surface area contributed by atoms with Crippen molar-refractivity contribution in [1.82, 2.24) is 4.90 Å². The van der Waals surface area contributed by atoms with Gasteiger partial charge in [-0.2, -0.15) is 0 Å². The van der Waals surface area contributed by atoms with Crippen LogP contribution in [0.1, 0.15) is 33.4 Å². The van der Waals surface area contributed by atoms with Crippen LogP contribution in [-0.4, -0.2) is 57.1 Å². The summed E-state index contributed by atoms with van der Waals surface area (Å²) in [5, 5.41) is 0. The summed E-state index contributed by atoms with van der Waals surface area (Å²) < 4.78 is 25.2. The summed E-state index contributed by atoms with van der Waals surface area (Å²) in [7, 11) is 3.20. The Bertz CT molecular complexity index is 1580. The standard InChI is InChI=1S/C34H32FN3O4/c1-41-25-15-11-23(12-16-25)32-31(34(40)37-21-19-36(20-22-37)30-10-6-5-9-29(30)35)27-7-3-4-8-28(27)33(39)38(32)24-13-17-26(42-2)18-14-24/h3-18,31-32H,19-22H2,1-2H3/t31-,32+/m0/s1. The number of methoxy groups -OCH3 is 2. The Balaban J connectivity index is 1.41. The third-order valence-corrected chi connectivity index (χ3v) is 8.20. The summed E-state index contributed by atoms with van der Waals surface area (Å²) in [6, 6.07) is 28.3. The molecule has 7 nitrogen and oxygen atoms in total. The van der Waals surface area contributed by atoms with Crippen LogP contribution in [0.3, 0.4) is 0 Å². The fourth-order valence-corrected chi connectivity index (χ4v) is 6.04. The minimum atomic E-state index is -0.658. The highest BCUT2D eigenvalue weighted by Crippen LogP contribution is 2.46. The second-order valence-electron chi connectivity index (χ2n) is 10.4. The zero-order chi connectivity index (χ0) is 29.2. The monoisotopic (exact) mass is 565 g/mol. The van der Waals surface area contributed by atoms with Gasteiger partial charge in [-0.05, 0) is 65.7 Å². The Kier molecular flexibility index (Phi) is 7.52. The van der Waals surface area contributed by atoms with Gasteiger partial charge in [0.2, 0.25) is 5.91 Å². The summed E-state index contributed by atoms with van der Waals surface area (Å²) in [6.07, 6.45) is 0. The molecular formula is C34H32FN3O4. The van der Waals surface area contributed by atoms with Crippen molar-refractivity contribution in [3.8, 4) is 11.5 Å². The third-order valence-electron chi connectivity index (χ3n) is 8.20. The minimum absolute atomic E-state index is 0.0672. The number of benzene rings is 4. The molecule has 2 heterocycles. The van der Waals surface area contributed by atoms with Crippen molar-refractivity contribution in [1.29, 1.82) is 0 Å². The molecule has 214 valence electrons. The van der Waals surface area contributed by atoms with Gasteiger partial charge in [0.25, 0.3) is 5.91 Å². The highest BCUT2D eigenvalue weighted by atomic mass is 19.1. The first-order valence-corrected chi connectivity index (χ1v) is 14.0. The number of amides is 2. The predicted molar refractivity (Wildman–Crippen MR) is 160 cm³/mol. The zero-order valence-corrected chi connectivity index (χ0v) is 23.6. The highest BCUT2D eigenvalue weighted by Gasteiger charge is 2.46. The average molecular weight is 566 g/mol. The number of fused-ring (bicyclic) bond motifs is 1. The van der Waals surface area contributed by atoms with E-state index in [-0.39, 0.29) is 17.6 Å². The largest absolute Gasteiger partial charge is 0.497 e. The van der Waals surface area contributed by atoms with E-state index in [2.05, 4.69) is 0 Å². The molecule has 0 aromatic heterocycles. The van der Waals surface area contributed by atoms with Gasteiger partial charge in [-0.1, -0.05) is 42.5 Å². The van der Waals surface area contributed by atoms with E-state index in [1.807, 2.05) is 82.6 Å².